The SMILES string of the molecule is CCN(C(=O)[O-])C1C[C@H](C)[N@+](C)(C(C)=O)c2ccc(-c3cnc(N4CCOCC4)nc3)cc21. The first-order valence-corrected chi connectivity index (χ1v) is 11.4. The summed E-state index contributed by atoms with van der Waals surface area (Å²) in [6, 6.07) is 5.41. The Morgan fingerprint density at radius 3 is 2.45 bits per heavy atom. The number of rotatable bonds is 4. The molecule has 3 atom stereocenters. The number of carbonyl (C=O) groups is 2. The van der Waals surface area contributed by atoms with Gasteiger partial charge in [-0.05, 0) is 31.5 Å². The van der Waals surface area contributed by atoms with Crippen molar-refractivity contribution < 1.29 is 19.4 Å². The maximum atomic E-state index is 12.7. The van der Waals surface area contributed by atoms with Crippen molar-refractivity contribution in [2.75, 3.05) is 44.8 Å². The highest BCUT2D eigenvalue weighted by Crippen LogP contribution is 2.45. The second kappa shape index (κ2) is 9.07. The Hall–Kier alpha value is -3.04. The molecule has 1 fully saturated rings. The van der Waals surface area contributed by atoms with Crippen molar-refractivity contribution in [3.8, 4) is 11.1 Å². The van der Waals surface area contributed by atoms with Gasteiger partial charge in [0.1, 0.15) is 11.8 Å². The average molecular weight is 454 g/mol. The topological polar surface area (TPSA) is 98.7 Å². The van der Waals surface area contributed by atoms with Crippen molar-refractivity contribution in [2.45, 2.75) is 39.3 Å². The highest BCUT2D eigenvalue weighted by atomic mass is 16.5. The zero-order valence-corrected chi connectivity index (χ0v) is 19.7. The third kappa shape index (κ3) is 4.06. The molecule has 0 N–H and O–H groups in total. The summed E-state index contributed by atoms with van der Waals surface area (Å²) in [4.78, 5) is 37.1. The fourth-order valence-electron chi connectivity index (χ4n) is 4.97. The number of hydrogen-bond acceptors (Lipinski definition) is 7. The Bertz CT molecular complexity index is 1040. The van der Waals surface area contributed by atoms with Crippen LogP contribution in [0.15, 0.2) is 30.6 Å². The lowest BCUT2D eigenvalue weighted by molar-refractivity contribution is -0.268. The molecule has 1 aromatic heterocycles. The number of anilines is 1. The molecular weight excluding hydrogens is 422 g/mol. The molecule has 3 heterocycles. The predicted octanol–water partition coefficient (Wildman–Crippen LogP) is 1.96. The molecule has 2 amide bonds. The number of ether oxygens (including phenoxy) is 1. The second-order valence-corrected chi connectivity index (χ2v) is 8.89. The van der Waals surface area contributed by atoms with Gasteiger partial charge in [-0.1, -0.05) is 0 Å². The molecule has 4 rings (SSSR count). The summed E-state index contributed by atoms with van der Waals surface area (Å²) in [5, 5.41) is 11.9. The maximum Gasteiger partial charge on any atom is 0.315 e. The summed E-state index contributed by atoms with van der Waals surface area (Å²) < 4.78 is 5.52. The first kappa shape index (κ1) is 23.1. The number of amides is 2. The van der Waals surface area contributed by atoms with Crippen LogP contribution in [0.4, 0.5) is 16.4 Å². The lowest BCUT2D eigenvalue weighted by Gasteiger charge is -2.47. The molecule has 176 valence electrons. The molecule has 0 aliphatic carbocycles. The standard InChI is InChI=1S/C24H31N5O4/c1-5-28(24(31)32)21-12-16(2)29(4,17(3)30)22-7-6-18(13-20(21)22)19-14-25-23(26-15-19)27-8-10-33-11-9-27/h6-7,13-16,21H,5,8-12H2,1-4H3/t16-,21?,29+/m0/s1. The van der Waals surface area contributed by atoms with Gasteiger partial charge in [-0.3, -0.25) is 0 Å². The van der Waals surface area contributed by atoms with E-state index in [0.717, 1.165) is 35.5 Å². The number of hydrogen-bond donors (Lipinski definition) is 0. The van der Waals surface area contributed by atoms with Crippen LogP contribution >= 0.6 is 0 Å². The summed E-state index contributed by atoms with van der Waals surface area (Å²) in [5.41, 5.74) is 3.36. The number of morpholine rings is 1. The fourth-order valence-corrected chi connectivity index (χ4v) is 4.97. The van der Waals surface area contributed by atoms with Crippen molar-refractivity contribution in [3.63, 3.8) is 0 Å². The number of carboxylic acid groups (broad SMARTS) is 1. The van der Waals surface area contributed by atoms with E-state index < -0.39 is 6.09 Å². The number of fused-ring (bicyclic) bond motifs is 1. The van der Waals surface area contributed by atoms with Crippen molar-refractivity contribution in [3.05, 3.63) is 36.2 Å². The summed E-state index contributed by atoms with van der Waals surface area (Å²) >= 11 is 0. The highest BCUT2D eigenvalue weighted by molar-refractivity contribution is 5.89. The Morgan fingerprint density at radius 2 is 1.88 bits per heavy atom. The van der Waals surface area contributed by atoms with E-state index in [-0.39, 0.29) is 22.5 Å². The molecule has 1 saturated heterocycles. The van der Waals surface area contributed by atoms with E-state index in [1.54, 1.807) is 26.2 Å². The molecule has 1 aromatic carbocycles. The number of quaternary nitrogens is 1. The van der Waals surface area contributed by atoms with Crippen molar-refractivity contribution >= 4 is 23.6 Å². The van der Waals surface area contributed by atoms with Crippen LogP contribution in [0.3, 0.4) is 0 Å². The number of aromatic nitrogens is 2. The van der Waals surface area contributed by atoms with E-state index in [9.17, 15) is 14.7 Å². The van der Waals surface area contributed by atoms with Crippen LogP contribution < -0.4 is 14.5 Å². The van der Waals surface area contributed by atoms with E-state index in [1.807, 2.05) is 32.2 Å². The van der Waals surface area contributed by atoms with Crippen LogP contribution in [0, 0.1) is 0 Å². The highest BCUT2D eigenvalue weighted by Gasteiger charge is 2.47. The van der Waals surface area contributed by atoms with Gasteiger partial charge in [0.15, 0.2) is 0 Å². The van der Waals surface area contributed by atoms with Gasteiger partial charge in [-0.2, -0.15) is 0 Å². The van der Waals surface area contributed by atoms with E-state index in [2.05, 4.69) is 14.9 Å². The molecule has 2 aliphatic heterocycles. The van der Waals surface area contributed by atoms with Crippen LogP contribution in [0.2, 0.25) is 0 Å². The van der Waals surface area contributed by atoms with Crippen molar-refractivity contribution in [2.24, 2.45) is 0 Å². The van der Waals surface area contributed by atoms with E-state index >= 15 is 0 Å². The number of carbonyl (C=O) groups excluding carboxylic acids is 2. The third-order valence-corrected chi connectivity index (χ3v) is 7.20. The minimum Gasteiger partial charge on any atom is -0.530 e. The van der Waals surface area contributed by atoms with Gasteiger partial charge < -0.3 is 24.4 Å². The maximum absolute atomic E-state index is 12.7. The van der Waals surface area contributed by atoms with Gasteiger partial charge in [0, 0.05) is 55.6 Å². The van der Waals surface area contributed by atoms with E-state index in [1.165, 1.54) is 4.90 Å². The largest absolute Gasteiger partial charge is 0.530 e. The van der Waals surface area contributed by atoms with Crippen LogP contribution in [0.5, 0.6) is 0 Å². The van der Waals surface area contributed by atoms with Gasteiger partial charge >= 0.3 is 5.91 Å². The lowest BCUT2D eigenvalue weighted by atomic mass is 9.86. The minimum atomic E-state index is -1.21. The van der Waals surface area contributed by atoms with Crippen LogP contribution in [-0.2, 0) is 9.53 Å². The molecule has 0 spiro atoms. The average Bonchev–Trinajstić information content (AvgIpc) is 2.82. The minimum absolute atomic E-state index is 0.0182. The lowest BCUT2D eigenvalue weighted by Crippen LogP contribution is -2.60. The fraction of sp³-hybridized carbons (Fsp3) is 0.500. The molecular formula is C24H31N5O4. The number of nitrogens with zero attached hydrogens (tertiary/aromatic N) is 5. The van der Waals surface area contributed by atoms with Gasteiger partial charge in [0.2, 0.25) is 5.95 Å². The van der Waals surface area contributed by atoms with Gasteiger partial charge in [0.25, 0.3) is 0 Å². The predicted molar refractivity (Wildman–Crippen MR) is 123 cm³/mol. The van der Waals surface area contributed by atoms with E-state index in [4.69, 9.17) is 4.74 Å². The quantitative estimate of drug-likeness (QED) is 0.653. The zero-order chi connectivity index (χ0) is 23.8. The van der Waals surface area contributed by atoms with Crippen molar-refractivity contribution in [1.82, 2.24) is 19.4 Å². The molecule has 0 saturated carbocycles. The van der Waals surface area contributed by atoms with Gasteiger partial charge in [0.05, 0.1) is 39.3 Å². The summed E-state index contributed by atoms with van der Waals surface area (Å²) in [6.45, 7) is 8.53. The molecule has 0 radical (unpaired) electrons. The Balaban J connectivity index is 1.76. The normalized spacial score (nSPS) is 24.8. The molecule has 2 aliphatic rings. The molecule has 9 heteroatoms. The molecule has 0 bridgehead atoms. The van der Waals surface area contributed by atoms with Crippen LogP contribution in [0.1, 0.15) is 38.8 Å². The Labute approximate surface area is 194 Å². The number of benzene rings is 1. The molecule has 1 unspecified atom stereocenters. The third-order valence-electron chi connectivity index (χ3n) is 7.20. The first-order chi connectivity index (χ1) is 15.8. The van der Waals surface area contributed by atoms with Gasteiger partial charge in [-0.15, -0.1) is 0 Å². The summed E-state index contributed by atoms with van der Waals surface area (Å²) in [5.74, 6) is 0.686. The second-order valence-electron chi connectivity index (χ2n) is 8.89. The Morgan fingerprint density at radius 1 is 1.21 bits per heavy atom. The molecule has 9 nitrogen and oxygen atoms in total. The van der Waals surface area contributed by atoms with Gasteiger partial charge in [-0.25, -0.2) is 19.2 Å². The zero-order valence-electron chi connectivity index (χ0n) is 19.7. The van der Waals surface area contributed by atoms with Crippen molar-refractivity contribution in [1.29, 1.82) is 0 Å². The monoisotopic (exact) mass is 453 g/mol. The first-order valence-electron chi connectivity index (χ1n) is 11.4. The van der Waals surface area contributed by atoms with E-state index in [0.29, 0.717) is 32.1 Å². The van der Waals surface area contributed by atoms with Crippen LogP contribution in [-0.4, -0.2) is 72.8 Å². The smallest absolute Gasteiger partial charge is 0.315 e. The summed E-state index contributed by atoms with van der Waals surface area (Å²) in [6.07, 6.45) is 2.90. The van der Waals surface area contributed by atoms with Crippen LogP contribution in [0.25, 0.3) is 11.1 Å². The Kier molecular flexibility index (Phi) is 6.36. The molecule has 33 heavy (non-hydrogen) atoms. The summed E-state index contributed by atoms with van der Waals surface area (Å²) in [7, 11) is 1.90. The molecule has 2 aromatic rings.